The molecule has 0 radical (unpaired) electrons. The minimum atomic E-state index is 0.104. The summed E-state index contributed by atoms with van der Waals surface area (Å²) in [6.45, 7) is 4.52. The first-order valence-electron chi connectivity index (χ1n) is 6.63. The Hall–Kier alpha value is -0.670. The molecule has 1 aromatic rings. The molecule has 104 valence electrons. The van der Waals surface area contributed by atoms with Crippen LogP contribution in [0.1, 0.15) is 33.1 Å². The summed E-state index contributed by atoms with van der Waals surface area (Å²) in [5.41, 5.74) is 0.369. The van der Waals surface area contributed by atoms with Crippen molar-refractivity contribution < 1.29 is 4.79 Å². The second kappa shape index (κ2) is 6.19. The Morgan fingerprint density at radius 1 is 1.47 bits per heavy atom. The number of nitrogens with one attached hydrogen (secondary N) is 1. The Balaban J connectivity index is 1.78. The molecule has 0 bridgehead atoms. The van der Waals surface area contributed by atoms with Crippen LogP contribution in [0.5, 0.6) is 0 Å². The Morgan fingerprint density at radius 3 is 2.84 bits per heavy atom. The van der Waals surface area contributed by atoms with Gasteiger partial charge in [0.25, 0.3) is 0 Å². The first-order chi connectivity index (χ1) is 8.96. The van der Waals surface area contributed by atoms with Gasteiger partial charge in [-0.25, -0.2) is 0 Å². The van der Waals surface area contributed by atoms with E-state index in [0.717, 1.165) is 17.7 Å². The highest BCUT2D eigenvalue weighted by Crippen LogP contribution is 2.37. The second-order valence-electron chi connectivity index (χ2n) is 5.89. The monoisotopic (exact) mass is 297 g/mol. The molecule has 1 amide bonds. The molecule has 1 aliphatic rings. The fourth-order valence-corrected chi connectivity index (χ4v) is 3.58. The van der Waals surface area contributed by atoms with Gasteiger partial charge in [0, 0.05) is 10.9 Å². The molecule has 4 heteroatoms. The van der Waals surface area contributed by atoms with Gasteiger partial charge in [0.1, 0.15) is 0 Å². The molecule has 1 aliphatic carbocycles. The predicted octanol–water partition coefficient (Wildman–Crippen LogP) is 4.13. The van der Waals surface area contributed by atoms with Gasteiger partial charge >= 0.3 is 0 Å². The number of hydrogen-bond acceptors (Lipinski definition) is 2. The topological polar surface area (TPSA) is 29.1 Å². The van der Waals surface area contributed by atoms with E-state index in [1.165, 1.54) is 18.2 Å². The van der Waals surface area contributed by atoms with Crippen LogP contribution in [0.25, 0.3) is 0 Å². The minimum absolute atomic E-state index is 0.104. The van der Waals surface area contributed by atoms with Crippen LogP contribution in [-0.4, -0.2) is 17.7 Å². The van der Waals surface area contributed by atoms with Crippen molar-refractivity contribution in [2.45, 2.75) is 44.0 Å². The van der Waals surface area contributed by atoms with Gasteiger partial charge in [-0.15, -0.1) is 11.8 Å². The molecule has 0 spiro atoms. The van der Waals surface area contributed by atoms with Gasteiger partial charge in [0.05, 0.1) is 10.8 Å². The molecule has 19 heavy (non-hydrogen) atoms. The maximum atomic E-state index is 11.9. The van der Waals surface area contributed by atoms with Crippen molar-refractivity contribution in [2.75, 3.05) is 5.75 Å². The minimum Gasteiger partial charge on any atom is -0.353 e. The molecule has 1 fully saturated rings. The van der Waals surface area contributed by atoms with E-state index in [-0.39, 0.29) is 5.91 Å². The van der Waals surface area contributed by atoms with E-state index in [9.17, 15) is 4.79 Å². The summed E-state index contributed by atoms with van der Waals surface area (Å²) in [5.74, 6) is 0.535. The smallest absolute Gasteiger partial charge is 0.230 e. The van der Waals surface area contributed by atoms with Crippen LogP contribution >= 0.6 is 23.4 Å². The van der Waals surface area contributed by atoms with E-state index in [4.69, 9.17) is 11.6 Å². The lowest BCUT2D eigenvalue weighted by atomic mass is 9.92. The fourth-order valence-electron chi connectivity index (χ4n) is 2.53. The first kappa shape index (κ1) is 14.7. The molecular weight excluding hydrogens is 278 g/mol. The lowest BCUT2D eigenvalue weighted by Gasteiger charge is -2.17. The largest absolute Gasteiger partial charge is 0.353 e. The number of carbonyl (C=O) groups is 1. The van der Waals surface area contributed by atoms with E-state index in [2.05, 4.69) is 19.2 Å². The van der Waals surface area contributed by atoms with Crippen LogP contribution in [0.2, 0.25) is 5.02 Å². The van der Waals surface area contributed by atoms with Crippen LogP contribution < -0.4 is 5.32 Å². The maximum Gasteiger partial charge on any atom is 0.230 e. The number of amides is 1. The molecule has 2 rings (SSSR count). The summed E-state index contributed by atoms with van der Waals surface area (Å²) < 4.78 is 0. The van der Waals surface area contributed by atoms with Crippen molar-refractivity contribution >= 4 is 29.3 Å². The van der Waals surface area contributed by atoms with E-state index in [1.807, 2.05) is 24.3 Å². The lowest BCUT2D eigenvalue weighted by Crippen LogP contribution is -2.34. The zero-order chi connectivity index (χ0) is 13.9. The lowest BCUT2D eigenvalue weighted by molar-refractivity contribution is -0.119. The zero-order valence-corrected chi connectivity index (χ0v) is 13.0. The SMILES string of the molecule is CC1(C)CCC(NC(=O)CSc2ccccc2Cl)C1. The summed E-state index contributed by atoms with van der Waals surface area (Å²) >= 11 is 7.56. The zero-order valence-electron chi connectivity index (χ0n) is 11.4. The van der Waals surface area contributed by atoms with Gasteiger partial charge < -0.3 is 5.32 Å². The van der Waals surface area contributed by atoms with Gasteiger partial charge in [-0.05, 0) is 36.8 Å². The normalized spacial score (nSPS) is 21.3. The summed E-state index contributed by atoms with van der Waals surface area (Å²) in [4.78, 5) is 12.9. The van der Waals surface area contributed by atoms with Crippen LogP contribution in [0.15, 0.2) is 29.2 Å². The number of carbonyl (C=O) groups excluding carboxylic acids is 1. The molecule has 2 nitrogen and oxygen atoms in total. The average Bonchev–Trinajstić information content (AvgIpc) is 2.67. The van der Waals surface area contributed by atoms with Crippen molar-refractivity contribution in [2.24, 2.45) is 5.41 Å². The summed E-state index contributed by atoms with van der Waals surface area (Å²) in [6, 6.07) is 7.97. The summed E-state index contributed by atoms with van der Waals surface area (Å²) in [5, 5.41) is 3.83. The average molecular weight is 298 g/mol. The maximum absolute atomic E-state index is 11.9. The number of thioether (sulfide) groups is 1. The predicted molar refractivity (Wildman–Crippen MR) is 81.7 cm³/mol. The Morgan fingerprint density at radius 2 is 2.21 bits per heavy atom. The number of hydrogen-bond donors (Lipinski definition) is 1. The van der Waals surface area contributed by atoms with E-state index in [0.29, 0.717) is 22.2 Å². The van der Waals surface area contributed by atoms with E-state index < -0.39 is 0 Å². The van der Waals surface area contributed by atoms with Crippen molar-refractivity contribution in [3.8, 4) is 0 Å². The van der Waals surface area contributed by atoms with Crippen LogP contribution in [0, 0.1) is 5.41 Å². The molecular formula is C15H20ClNOS. The quantitative estimate of drug-likeness (QED) is 0.847. The standard InChI is InChI=1S/C15H20ClNOS/c1-15(2)8-7-11(9-15)17-14(18)10-19-13-6-4-3-5-12(13)16/h3-6,11H,7-10H2,1-2H3,(H,17,18). The summed E-state index contributed by atoms with van der Waals surface area (Å²) in [6.07, 6.45) is 3.36. The number of benzene rings is 1. The number of rotatable bonds is 4. The van der Waals surface area contributed by atoms with E-state index >= 15 is 0 Å². The second-order valence-corrected chi connectivity index (χ2v) is 7.31. The van der Waals surface area contributed by atoms with Crippen molar-refractivity contribution in [1.82, 2.24) is 5.32 Å². The van der Waals surface area contributed by atoms with Crippen LogP contribution in [0.3, 0.4) is 0 Å². The Labute approximate surface area is 124 Å². The first-order valence-corrected chi connectivity index (χ1v) is 7.99. The van der Waals surface area contributed by atoms with Crippen molar-refractivity contribution in [1.29, 1.82) is 0 Å². The summed E-state index contributed by atoms with van der Waals surface area (Å²) in [7, 11) is 0. The van der Waals surface area contributed by atoms with Gasteiger partial charge in [-0.2, -0.15) is 0 Å². The molecule has 1 atom stereocenters. The molecule has 1 N–H and O–H groups in total. The highest BCUT2D eigenvalue weighted by Gasteiger charge is 2.31. The molecule has 0 aromatic heterocycles. The van der Waals surface area contributed by atoms with Crippen LogP contribution in [0.4, 0.5) is 0 Å². The molecule has 0 saturated heterocycles. The fraction of sp³-hybridized carbons (Fsp3) is 0.533. The molecule has 1 saturated carbocycles. The van der Waals surface area contributed by atoms with Crippen LogP contribution in [-0.2, 0) is 4.79 Å². The van der Waals surface area contributed by atoms with Crippen molar-refractivity contribution in [3.63, 3.8) is 0 Å². The van der Waals surface area contributed by atoms with Gasteiger partial charge in [0.15, 0.2) is 0 Å². The third-order valence-corrected chi connectivity index (χ3v) is 5.04. The van der Waals surface area contributed by atoms with Gasteiger partial charge in [-0.1, -0.05) is 37.6 Å². The molecule has 1 unspecified atom stereocenters. The molecule has 0 aliphatic heterocycles. The highest BCUT2D eigenvalue weighted by molar-refractivity contribution is 8.00. The number of halogens is 1. The highest BCUT2D eigenvalue weighted by atomic mass is 35.5. The van der Waals surface area contributed by atoms with Gasteiger partial charge in [0.2, 0.25) is 5.91 Å². The van der Waals surface area contributed by atoms with Gasteiger partial charge in [-0.3, -0.25) is 4.79 Å². The third-order valence-electron chi connectivity index (χ3n) is 3.53. The third kappa shape index (κ3) is 4.43. The molecule has 1 aromatic carbocycles. The van der Waals surface area contributed by atoms with Crippen molar-refractivity contribution in [3.05, 3.63) is 29.3 Å². The Bertz CT molecular complexity index is 461. The molecule has 0 heterocycles. The van der Waals surface area contributed by atoms with E-state index in [1.54, 1.807) is 0 Å². The Kier molecular flexibility index (Phi) is 4.80.